The lowest BCUT2D eigenvalue weighted by atomic mass is 10.0. The van der Waals surface area contributed by atoms with Crippen LogP contribution in [-0.4, -0.2) is 24.0 Å². The smallest absolute Gasteiger partial charge is 0.310 e. The molecular formula is C17H31NO3. The second-order valence-electron chi connectivity index (χ2n) is 5.51. The van der Waals surface area contributed by atoms with Gasteiger partial charge in [-0.3, -0.25) is 9.59 Å². The Morgan fingerprint density at radius 3 is 2.14 bits per heavy atom. The maximum Gasteiger partial charge on any atom is 0.310 e. The minimum atomic E-state index is -0.939. The molecule has 0 aliphatic carbocycles. The molecule has 0 aliphatic rings. The fourth-order valence-electron chi connectivity index (χ4n) is 2.20. The number of amides is 1. The first-order chi connectivity index (χ1) is 10.1. The van der Waals surface area contributed by atoms with Crippen LogP contribution in [0.1, 0.15) is 71.1 Å². The first kappa shape index (κ1) is 19.7. The Hall–Kier alpha value is -1.32. The van der Waals surface area contributed by atoms with E-state index in [1.807, 2.05) is 6.08 Å². The van der Waals surface area contributed by atoms with Crippen molar-refractivity contribution in [1.29, 1.82) is 0 Å². The molecule has 0 saturated carbocycles. The largest absolute Gasteiger partial charge is 0.481 e. The van der Waals surface area contributed by atoms with Crippen molar-refractivity contribution < 1.29 is 14.7 Å². The van der Waals surface area contributed by atoms with Crippen LogP contribution in [0.3, 0.4) is 0 Å². The van der Waals surface area contributed by atoms with E-state index >= 15 is 0 Å². The Morgan fingerprint density at radius 2 is 1.62 bits per heavy atom. The molecule has 0 aromatic rings. The second kappa shape index (κ2) is 13.7. The van der Waals surface area contributed by atoms with Gasteiger partial charge in [0.15, 0.2) is 0 Å². The van der Waals surface area contributed by atoms with Gasteiger partial charge in [0.2, 0.25) is 5.91 Å². The standard InChI is InChI=1S/C17H31NO3/c1-3-4-5-6-7-8-9-10-11-12-13-15(17(20)21)14-16(19)18-2/h12-13,15H,3-11,14H2,1-2H3,(H,18,19)(H,20,21). The van der Waals surface area contributed by atoms with Crippen molar-refractivity contribution in [1.82, 2.24) is 5.32 Å². The summed E-state index contributed by atoms with van der Waals surface area (Å²) in [6.45, 7) is 2.22. The number of carboxylic acid groups (broad SMARTS) is 1. The third kappa shape index (κ3) is 12.2. The molecule has 0 saturated heterocycles. The molecule has 4 heteroatoms. The Morgan fingerprint density at radius 1 is 1.05 bits per heavy atom. The highest BCUT2D eigenvalue weighted by Gasteiger charge is 2.16. The van der Waals surface area contributed by atoms with E-state index in [0.29, 0.717) is 0 Å². The molecule has 0 bridgehead atoms. The molecule has 0 rings (SSSR count). The Labute approximate surface area is 129 Å². The van der Waals surface area contributed by atoms with Crippen molar-refractivity contribution in [3.8, 4) is 0 Å². The van der Waals surface area contributed by atoms with Crippen LogP contribution in [-0.2, 0) is 9.59 Å². The van der Waals surface area contributed by atoms with Crippen LogP contribution >= 0.6 is 0 Å². The highest BCUT2D eigenvalue weighted by molar-refractivity contribution is 5.83. The number of carbonyl (C=O) groups excluding carboxylic acids is 1. The van der Waals surface area contributed by atoms with Crippen molar-refractivity contribution in [3.05, 3.63) is 12.2 Å². The van der Waals surface area contributed by atoms with E-state index in [9.17, 15) is 9.59 Å². The number of hydrogen-bond acceptors (Lipinski definition) is 2. The van der Waals surface area contributed by atoms with Gasteiger partial charge in [0, 0.05) is 13.5 Å². The molecule has 0 aromatic heterocycles. The van der Waals surface area contributed by atoms with Gasteiger partial charge in [-0.2, -0.15) is 0 Å². The van der Waals surface area contributed by atoms with Gasteiger partial charge in [0.25, 0.3) is 0 Å². The molecule has 0 radical (unpaired) electrons. The monoisotopic (exact) mass is 297 g/mol. The lowest BCUT2D eigenvalue weighted by molar-refractivity contribution is -0.142. The Bertz CT molecular complexity index is 313. The molecule has 0 heterocycles. The fraction of sp³-hybridized carbons (Fsp3) is 0.765. The maximum absolute atomic E-state index is 11.2. The summed E-state index contributed by atoms with van der Waals surface area (Å²) in [6.07, 6.45) is 14.6. The quantitative estimate of drug-likeness (QED) is 0.400. The average Bonchev–Trinajstić information content (AvgIpc) is 2.47. The van der Waals surface area contributed by atoms with Gasteiger partial charge >= 0.3 is 5.97 Å². The third-order valence-corrected chi connectivity index (χ3v) is 3.59. The normalized spacial score (nSPS) is 12.5. The van der Waals surface area contributed by atoms with Crippen molar-refractivity contribution in [2.24, 2.45) is 5.92 Å². The predicted molar refractivity (Wildman–Crippen MR) is 86.2 cm³/mol. The van der Waals surface area contributed by atoms with Crippen LogP contribution in [0.15, 0.2) is 12.2 Å². The van der Waals surface area contributed by atoms with E-state index in [-0.39, 0.29) is 12.3 Å². The summed E-state index contributed by atoms with van der Waals surface area (Å²) >= 11 is 0. The molecule has 2 N–H and O–H groups in total. The van der Waals surface area contributed by atoms with Gasteiger partial charge in [0.05, 0.1) is 5.92 Å². The summed E-state index contributed by atoms with van der Waals surface area (Å²) in [4.78, 5) is 22.2. The molecule has 0 aromatic carbocycles. The van der Waals surface area contributed by atoms with E-state index in [4.69, 9.17) is 5.11 Å². The van der Waals surface area contributed by atoms with Gasteiger partial charge in [-0.15, -0.1) is 0 Å². The number of hydrogen-bond donors (Lipinski definition) is 2. The fourth-order valence-corrected chi connectivity index (χ4v) is 2.20. The van der Waals surface area contributed by atoms with Gasteiger partial charge in [-0.1, -0.05) is 64.0 Å². The molecule has 21 heavy (non-hydrogen) atoms. The van der Waals surface area contributed by atoms with Gasteiger partial charge in [-0.05, 0) is 12.8 Å². The first-order valence-electron chi connectivity index (χ1n) is 8.21. The minimum absolute atomic E-state index is 0.0137. The molecule has 0 aliphatic heterocycles. The van der Waals surface area contributed by atoms with Crippen LogP contribution in [0.5, 0.6) is 0 Å². The molecule has 4 nitrogen and oxygen atoms in total. The van der Waals surface area contributed by atoms with Crippen LogP contribution < -0.4 is 5.32 Å². The second-order valence-corrected chi connectivity index (χ2v) is 5.51. The number of carbonyl (C=O) groups is 2. The molecule has 1 unspecified atom stereocenters. The Balaban J connectivity index is 3.67. The van der Waals surface area contributed by atoms with E-state index < -0.39 is 11.9 Å². The number of allylic oxidation sites excluding steroid dienone is 1. The zero-order valence-corrected chi connectivity index (χ0v) is 13.6. The van der Waals surface area contributed by atoms with E-state index in [1.54, 1.807) is 6.08 Å². The number of rotatable bonds is 13. The highest BCUT2D eigenvalue weighted by atomic mass is 16.4. The zero-order valence-electron chi connectivity index (χ0n) is 13.6. The van der Waals surface area contributed by atoms with E-state index in [1.165, 1.54) is 52.0 Å². The number of carboxylic acids is 1. The van der Waals surface area contributed by atoms with Crippen molar-refractivity contribution >= 4 is 11.9 Å². The number of aliphatic carboxylic acids is 1. The minimum Gasteiger partial charge on any atom is -0.481 e. The molecule has 0 fully saturated rings. The van der Waals surface area contributed by atoms with E-state index in [0.717, 1.165) is 12.8 Å². The van der Waals surface area contributed by atoms with E-state index in [2.05, 4.69) is 12.2 Å². The summed E-state index contributed by atoms with van der Waals surface area (Å²) in [5.41, 5.74) is 0. The van der Waals surface area contributed by atoms with Crippen LogP contribution in [0.2, 0.25) is 0 Å². The van der Waals surface area contributed by atoms with Crippen molar-refractivity contribution in [3.63, 3.8) is 0 Å². The van der Waals surface area contributed by atoms with Crippen molar-refractivity contribution in [2.75, 3.05) is 7.05 Å². The first-order valence-corrected chi connectivity index (χ1v) is 8.21. The summed E-state index contributed by atoms with van der Waals surface area (Å²) in [6, 6.07) is 0. The third-order valence-electron chi connectivity index (χ3n) is 3.59. The lowest BCUT2D eigenvalue weighted by Gasteiger charge is -2.06. The molecule has 122 valence electrons. The summed E-state index contributed by atoms with van der Waals surface area (Å²) < 4.78 is 0. The van der Waals surface area contributed by atoms with Gasteiger partial charge < -0.3 is 10.4 Å². The molecular weight excluding hydrogens is 266 g/mol. The lowest BCUT2D eigenvalue weighted by Crippen LogP contribution is -2.24. The number of unbranched alkanes of at least 4 members (excludes halogenated alkanes) is 8. The highest BCUT2D eigenvalue weighted by Crippen LogP contribution is 2.11. The molecule has 0 spiro atoms. The Kier molecular flexibility index (Phi) is 12.8. The topological polar surface area (TPSA) is 66.4 Å². The van der Waals surface area contributed by atoms with Gasteiger partial charge in [-0.25, -0.2) is 0 Å². The zero-order chi connectivity index (χ0) is 15.9. The average molecular weight is 297 g/mol. The maximum atomic E-state index is 11.2. The van der Waals surface area contributed by atoms with Crippen LogP contribution in [0, 0.1) is 5.92 Å². The summed E-state index contributed by atoms with van der Waals surface area (Å²) in [7, 11) is 1.52. The predicted octanol–water partition coefficient (Wildman–Crippen LogP) is 3.91. The SMILES string of the molecule is CCCCCCCCCCC=CC(CC(=O)NC)C(=O)O. The van der Waals surface area contributed by atoms with Crippen molar-refractivity contribution in [2.45, 2.75) is 71.1 Å². The summed E-state index contributed by atoms with van der Waals surface area (Å²) in [5, 5.41) is 11.5. The van der Waals surface area contributed by atoms with Crippen LogP contribution in [0.4, 0.5) is 0 Å². The molecule has 1 atom stereocenters. The molecule has 1 amide bonds. The summed E-state index contributed by atoms with van der Waals surface area (Å²) in [5.74, 6) is -1.89. The number of nitrogens with one attached hydrogen (secondary N) is 1. The van der Waals surface area contributed by atoms with Gasteiger partial charge in [0.1, 0.15) is 0 Å². The van der Waals surface area contributed by atoms with Crippen LogP contribution in [0.25, 0.3) is 0 Å².